The Morgan fingerprint density at radius 2 is 1.95 bits per heavy atom. The molecule has 1 N–H and O–H groups in total. The van der Waals surface area contributed by atoms with Crippen LogP contribution in [-0.2, 0) is 16.0 Å². The van der Waals surface area contributed by atoms with Crippen LogP contribution >= 0.6 is 15.9 Å². The van der Waals surface area contributed by atoms with Gasteiger partial charge in [0.05, 0.1) is 20.8 Å². The molecule has 0 amide bonds. The molecule has 0 aromatic heterocycles. The van der Waals surface area contributed by atoms with Crippen molar-refractivity contribution >= 4 is 15.9 Å². The summed E-state index contributed by atoms with van der Waals surface area (Å²) < 4.78 is 22.6. The fraction of sp³-hybridized carbons (Fsp3) is 0.600. The minimum atomic E-state index is -0.205. The van der Waals surface area contributed by atoms with Crippen molar-refractivity contribution in [2.24, 2.45) is 0 Å². The van der Waals surface area contributed by atoms with Gasteiger partial charge in [-0.25, -0.2) is 0 Å². The summed E-state index contributed by atoms with van der Waals surface area (Å²) in [6.07, 6.45) is 0.920. The van der Waals surface area contributed by atoms with E-state index in [1.807, 2.05) is 12.1 Å². The van der Waals surface area contributed by atoms with Crippen molar-refractivity contribution < 1.29 is 18.9 Å². The Labute approximate surface area is 134 Å². The predicted molar refractivity (Wildman–Crippen MR) is 84.1 cm³/mol. The molecular weight excluding hydrogens is 338 g/mol. The van der Waals surface area contributed by atoms with Crippen LogP contribution in [0.15, 0.2) is 16.6 Å². The van der Waals surface area contributed by atoms with Crippen LogP contribution in [0.5, 0.6) is 11.5 Å². The van der Waals surface area contributed by atoms with E-state index in [1.54, 1.807) is 21.3 Å². The summed E-state index contributed by atoms with van der Waals surface area (Å²) in [5, 5.41) is 3.43. The van der Waals surface area contributed by atoms with E-state index in [0.717, 1.165) is 35.4 Å². The Morgan fingerprint density at radius 1 is 1.24 bits per heavy atom. The number of halogens is 1. The first-order valence-corrected chi connectivity index (χ1v) is 7.67. The average Bonchev–Trinajstić information content (AvgIpc) is 2.98. The summed E-state index contributed by atoms with van der Waals surface area (Å²) >= 11 is 3.56. The average molecular weight is 360 g/mol. The molecular formula is C15H22BrNO4. The highest BCUT2D eigenvalue weighted by atomic mass is 79.9. The Hall–Kier alpha value is -0.820. The van der Waals surface area contributed by atoms with Gasteiger partial charge in [-0.1, -0.05) is 15.9 Å². The van der Waals surface area contributed by atoms with Gasteiger partial charge < -0.3 is 24.3 Å². The van der Waals surface area contributed by atoms with Gasteiger partial charge in [-0.2, -0.15) is 0 Å². The lowest BCUT2D eigenvalue weighted by molar-refractivity contribution is -0.0159. The van der Waals surface area contributed by atoms with E-state index in [-0.39, 0.29) is 5.60 Å². The molecule has 1 aliphatic heterocycles. The molecule has 0 aliphatic carbocycles. The maximum Gasteiger partial charge on any atom is 0.161 e. The van der Waals surface area contributed by atoms with E-state index < -0.39 is 0 Å². The van der Waals surface area contributed by atoms with Gasteiger partial charge in [-0.3, -0.25) is 0 Å². The first kappa shape index (κ1) is 16.5. The highest BCUT2D eigenvalue weighted by Crippen LogP contribution is 2.33. The Morgan fingerprint density at radius 3 is 2.52 bits per heavy atom. The third-order valence-electron chi connectivity index (χ3n) is 3.82. The summed E-state index contributed by atoms with van der Waals surface area (Å²) in [5.74, 6) is 1.44. The molecule has 0 bridgehead atoms. The van der Waals surface area contributed by atoms with Gasteiger partial charge in [0.2, 0.25) is 0 Å². The topological polar surface area (TPSA) is 49.0 Å². The van der Waals surface area contributed by atoms with Crippen LogP contribution in [0, 0.1) is 0 Å². The second-order valence-corrected chi connectivity index (χ2v) is 5.95. The Kier molecular flexibility index (Phi) is 5.87. The molecule has 1 aliphatic rings. The van der Waals surface area contributed by atoms with Gasteiger partial charge in [0.15, 0.2) is 11.5 Å². The third kappa shape index (κ3) is 3.88. The smallest absolute Gasteiger partial charge is 0.161 e. The monoisotopic (exact) mass is 359 g/mol. The molecule has 5 nitrogen and oxygen atoms in total. The normalized spacial score (nSPS) is 21.5. The van der Waals surface area contributed by atoms with Crippen LogP contribution in [0.3, 0.4) is 0 Å². The summed E-state index contributed by atoms with van der Waals surface area (Å²) in [4.78, 5) is 0. The van der Waals surface area contributed by atoms with E-state index in [2.05, 4.69) is 21.2 Å². The van der Waals surface area contributed by atoms with Crippen LogP contribution in [0.4, 0.5) is 0 Å². The van der Waals surface area contributed by atoms with Crippen molar-refractivity contribution in [1.29, 1.82) is 0 Å². The minimum Gasteiger partial charge on any atom is -0.493 e. The molecule has 1 aromatic carbocycles. The lowest BCUT2D eigenvalue weighted by atomic mass is 10.0. The standard InChI is InChI=1S/C15H22BrNO4/c1-18-13-6-11(12(16)7-14(13)19-2)8-17-9-15(20-3)4-5-21-10-15/h6-7,17H,4-5,8-10H2,1-3H3. The SMILES string of the molecule is COc1cc(Br)c(CNCC2(OC)CCOC2)cc1OC. The number of hydrogen-bond acceptors (Lipinski definition) is 5. The van der Waals surface area contributed by atoms with E-state index in [4.69, 9.17) is 18.9 Å². The number of methoxy groups -OCH3 is 3. The van der Waals surface area contributed by atoms with E-state index in [9.17, 15) is 0 Å². The molecule has 1 unspecified atom stereocenters. The highest BCUT2D eigenvalue weighted by Gasteiger charge is 2.34. The van der Waals surface area contributed by atoms with Crippen molar-refractivity contribution in [2.45, 2.75) is 18.6 Å². The molecule has 1 fully saturated rings. The molecule has 1 heterocycles. The van der Waals surface area contributed by atoms with Crippen LogP contribution < -0.4 is 14.8 Å². The molecule has 1 saturated heterocycles. The zero-order chi connectivity index (χ0) is 15.3. The molecule has 21 heavy (non-hydrogen) atoms. The first-order valence-electron chi connectivity index (χ1n) is 6.88. The Balaban J connectivity index is 1.99. The maximum atomic E-state index is 5.60. The van der Waals surface area contributed by atoms with Crippen molar-refractivity contribution in [3.63, 3.8) is 0 Å². The number of ether oxygens (including phenoxy) is 4. The second-order valence-electron chi connectivity index (χ2n) is 5.09. The molecule has 2 rings (SSSR count). The largest absolute Gasteiger partial charge is 0.493 e. The fourth-order valence-corrected chi connectivity index (χ4v) is 2.88. The van der Waals surface area contributed by atoms with E-state index >= 15 is 0 Å². The summed E-state index contributed by atoms with van der Waals surface area (Å²) in [7, 11) is 5.01. The number of rotatable bonds is 7. The minimum absolute atomic E-state index is 0.205. The zero-order valence-electron chi connectivity index (χ0n) is 12.7. The lowest BCUT2D eigenvalue weighted by Crippen LogP contribution is -2.42. The maximum absolute atomic E-state index is 5.60. The first-order chi connectivity index (χ1) is 10.1. The van der Waals surface area contributed by atoms with E-state index in [0.29, 0.717) is 18.9 Å². The molecule has 118 valence electrons. The zero-order valence-corrected chi connectivity index (χ0v) is 14.3. The molecule has 0 spiro atoms. The highest BCUT2D eigenvalue weighted by molar-refractivity contribution is 9.10. The molecule has 0 saturated carbocycles. The van der Waals surface area contributed by atoms with Gasteiger partial charge in [0.1, 0.15) is 5.60 Å². The summed E-state index contributed by atoms with van der Waals surface area (Å²) in [5.41, 5.74) is 0.904. The van der Waals surface area contributed by atoms with Crippen molar-refractivity contribution in [3.8, 4) is 11.5 Å². The number of nitrogens with one attached hydrogen (secondary N) is 1. The second kappa shape index (κ2) is 7.45. The fourth-order valence-electron chi connectivity index (χ4n) is 2.42. The van der Waals surface area contributed by atoms with Crippen molar-refractivity contribution in [3.05, 3.63) is 22.2 Å². The van der Waals surface area contributed by atoms with Crippen LogP contribution in [-0.4, -0.2) is 46.7 Å². The quantitative estimate of drug-likeness (QED) is 0.809. The van der Waals surface area contributed by atoms with E-state index in [1.165, 1.54) is 0 Å². The van der Waals surface area contributed by atoms with Crippen molar-refractivity contribution in [1.82, 2.24) is 5.32 Å². The van der Waals surface area contributed by atoms with Crippen LogP contribution in [0.2, 0.25) is 0 Å². The van der Waals surface area contributed by atoms with Crippen LogP contribution in [0.1, 0.15) is 12.0 Å². The molecule has 1 aromatic rings. The number of benzene rings is 1. The van der Waals surface area contributed by atoms with Crippen LogP contribution in [0.25, 0.3) is 0 Å². The van der Waals surface area contributed by atoms with Gasteiger partial charge in [0.25, 0.3) is 0 Å². The molecule has 1 atom stereocenters. The third-order valence-corrected chi connectivity index (χ3v) is 4.55. The van der Waals surface area contributed by atoms with Gasteiger partial charge in [-0.15, -0.1) is 0 Å². The predicted octanol–water partition coefficient (Wildman–Crippen LogP) is 2.36. The summed E-state index contributed by atoms with van der Waals surface area (Å²) in [6, 6.07) is 3.89. The lowest BCUT2D eigenvalue weighted by Gasteiger charge is -2.26. The van der Waals surface area contributed by atoms with Crippen molar-refractivity contribution in [2.75, 3.05) is 41.1 Å². The van der Waals surface area contributed by atoms with Gasteiger partial charge in [0, 0.05) is 37.7 Å². The summed E-state index contributed by atoms with van der Waals surface area (Å²) in [6.45, 7) is 2.87. The van der Waals surface area contributed by atoms with Gasteiger partial charge >= 0.3 is 0 Å². The molecule has 0 radical (unpaired) electrons. The Bertz CT molecular complexity index is 475. The molecule has 6 heteroatoms. The van der Waals surface area contributed by atoms with Gasteiger partial charge in [-0.05, 0) is 17.7 Å². The number of hydrogen-bond donors (Lipinski definition) is 1.